The Morgan fingerprint density at radius 1 is 1.18 bits per heavy atom. The molecular weight excluding hydrogens is 465 g/mol. The number of halogens is 4. The molecule has 0 bridgehead atoms. The molecule has 1 aromatic rings. The Morgan fingerprint density at radius 3 is 2.50 bits per heavy atom. The second-order valence-electron chi connectivity index (χ2n) is 11.1. The van der Waals surface area contributed by atoms with Gasteiger partial charge < -0.3 is 9.80 Å². The van der Waals surface area contributed by atoms with Gasteiger partial charge in [0.15, 0.2) is 0 Å². The van der Waals surface area contributed by atoms with E-state index in [1.807, 2.05) is 0 Å². The molecule has 2 atom stereocenters. The summed E-state index contributed by atoms with van der Waals surface area (Å²) < 4.78 is 45.1. The van der Waals surface area contributed by atoms with Crippen LogP contribution in [0.2, 0.25) is 5.02 Å². The zero-order chi connectivity index (χ0) is 24.9. The van der Waals surface area contributed by atoms with Gasteiger partial charge in [-0.3, -0.25) is 9.59 Å². The van der Waals surface area contributed by atoms with E-state index in [4.69, 9.17) is 11.6 Å². The highest BCUT2D eigenvalue weighted by atomic mass is 35.5. The summed E-state index contributed by atoms with van der Waals surface area (Å²) >= 11 is 6.37. The number of carbonyl (C=O) groups excluding carboxylic acids is 2. The summed E-state index contributed by atoms with van der Waals surface area (Å²) in [5.41, 5.74) is -0.876. The Labute approximate surface area is 204 Å². The monoisotopic (exact) mass is 496 g/mol. The van der Waals surface area contributed by atoms with Gasteiger partial charge in [0.05, 0.1) is 12.0 Å². The molecule has 3 aliphatic rings. The molecule has 34 heavy (non-hydrogen) atoms. The molecular formula is C26H32ClF3N2O2. The van der Waals surface area contributed by atoms with Gasteiger partial charge >= 0.3 is 0 Å². The number of hydrogen-bond acceptors (Lipinski definition) is 2. The third-order valence-electron chi connectivity index (χ3n) is 8.19. The lowest BCUT2D eigenvalue weighted by Gasteiger charge is -2.57. The fourth-order valence-electron chi connectivity index (χ4n) is 6.03. The standard InChI is InChI=1S/C26H32ClF3N2O2/c1-4-21(33)32-14-25(15-32)10-11-31(16-26(25,29)30)22(34)12-17-8-9-24(2,3)13-18(17)23-19(27)6-5-7-20(23)28/h4-7,17-18H,1,8-16H2,2-3H3/t17-,18+/m1/s1. The van der Waals surface area contributed by atoms with Crippen molar-refractivity contribution < 1.29 is 22.8 Å². The summed E-state index contributed by atoms with van der Waals surface area (Å²) in [6.07, 6.45) is 3.63. The summed E-state index contributed by atoms with van der Waals surface area (Å²) in [5.74, 6) is -4.55. The Hall–Kier alpha value is -2.02. The molecule has 1 spiro atoms. The number of nitrogens with zero attached hydrogens (tertiary/aromatic N) is 2. The van der Waals surface area contributed by atoms with Gasteiger partial charge in [-0.2, -0.15) is 0 Å². The molecule has 1 saturated carbocycles. The highest BCUT2D eigenvalue weighted by molar-refractivity contribution is 6.31. The smallest absolute Gasteiger partial charge is 0.274 e. The summed E-state index contributed by atoms with van der Waals surface area (Å²) in [6.45, 7) is 7.20. The third kappa shape index (κ3) is 4.48. The van der Waals surface area contributed by atoms with Gasteiger partial charge in [0.2, 0.25) is 11.8 Å². The van der Waals surface area contributed by atoms with Crippen molar-refractivity contribution in [2.75, 3.05) is 26.2 Å². The zero-order valence-electron chi connectivity index (χ0n) is 19.8. The normalized spacial score (nSPS) is 27.2. The van der Waals surface area contributed by atoms with Crippen LogP contribution in [0.5, 0.6) is 0 Å². The number of piperidine rings is 1. The maximum absolute atomic E-state index is 15.2. The predicted molar refractivity (Wildman–Crippen MR) is 125 cm³/mol. The number of carbonyl (C=O) groups is 2. The van der Waals surface area contributed by atoms with Crippen LogP contribution in [0.15, 0.2) is 30.9 Å². The average molecular weight is 497 g/mol. The summed E-state index contributed by atoms with van der Waals surface area (Å²) in [4.78, 5) is 27.5. The van der Waals surface area contributed by atoms with E-state index >= 15 is 8.78 Å². The van der Waals surface area contributed by atoms with Gasteiger partial charge in [0, 0.05) is 36.6 Å². The summed E-state index contributed by atoms with van der Waals surface area (Å²) in [5, 5.41) is 0.343. The van der Waals surface area contributed by atoms with E-state index < -0.39 is 17.9 Å². The van der Waals surface area contributed by atoms with Crippen molar-refractivity contribution in [1.82, 2.24) is 9.80 Å². The van der Waals surface area contributed by atoms with Crippen molar-refractivity contribution in [3.63, 3.8) is 0 Å². The van der Waals surface area contributed by atoms with Crippen LogP contribution >= 0.6 is 11.6 Å². The van der Waals surface area contributed by atoms with Crippen LogP contribution in [-0.4, -0.2) is 53.7 Å². The Morgan fingerprint density at radius 2 is 1.88 bits per heavy atom. The van der Waals surface area contributed by atoms with E-state index in [0.29, 0.717) is 23.4 Å². The molecule has 8 heteroatoms. The zero-order valence-corrected chi connectivity index (χ0v) is 20.5. The molecule has 2 heterocycles. The van der Waals surface area contributed by atoms with Gasteiger partial charge in [-0.15, -0.1) is 0 Å². The first-order valence-corrected chi connectivity index (χ1v) is 12.3. The van der Waals surface area contributed by atoms with Gasteiger partial charge in [-0.1, -0.05) is 38.1 Å². The van der Waals surface area contributed by atoms with Crippen molar-refractivity contribution in [1.29, 1.82) is 0 Å². The lowest BCUT2D eigenvalue weighted by Crippen LogP contribution is -2.71. The highest BCUT2D eigenvalue weighted by Crippen LogP contribution is 2.52. The van der Waals surface area contributed by atoms with E-state index in [9.17, 15) is 14.0 Å². The van der Waals surface area contributed by atoms with Crippen LogP contribution < -0.4 is 0 Å². The summed E-state index contributed by atoms with van der Waals surface area (Å²) in [7, 11) is 0. The van der Waals surface area contributed by atoms with Gasteiger partial charge in [0.1, 0.15) is 5.82 Å². The second-order valence-corrected chi connectivity index (χ2v) is 11.5. The maximum atomic E-state index is 15.2. The van der Waals surface area contributed by atoms with Crippen LogP contribution in [0.3, 0.4) is 0 Å². The van der Waals surface area contributed by atoms with Crippen molar-refractivity contribution >= 4 is 23.4 Å². The SMILES string of the molecule is C=CC(=O)N1CC2(CCN(C(=O)C[C@H]3CCC(C)(C)C[C@@H]3c3c(F)cccc3Cl)CC2(F)F)C1. The largest absolute Gasteiger partial charge is 0.337 e. The van der Waals surface area contributed by atoms with Crippen molar-refractivity contribution in [3.05, 3.63) is 47.3 Å². The number of benzene rings is 1. The molecule has 3 fully saturated rings. The Balaban J connectivity index is 1.47. The molecule has 4 nitrogen and oxygen atoms in total. The van der Waals surface area contributed by atoms with Gasteiger partial charge in [-0.25, -0.2) is 13.2 Å². The first-order chi connectivity index (χ1) is 15.9. The minimum absolute atomic E-state index is 0.0154. The third-order valence-corrected chi connectivity index (χ3v) is 8.52. The number of rotatable bonds is 4. The number of amides is 2. The van der Waals surface area contributed by atoms with E-state index in [0.717, 1.165) is 12.5 Å². The van der Waals surface area contributed by atoms with Crippen LogP contribution in [-0.2, 0) is 9.59 Å². The first-order valence-electron chi connectivity index (χ1n) is 11.9. The molecule has 0 radical (unpaired) electrons. The second kappa shape index (κ2) is 8.89. The minimum Gasteiger partial charge on any atom is -0.337 e. The molecule has 186 valence electrons. The molecule has 2 amide bonds. The van der Waals surface area contributed by atoms with Crippen LogP contribution in [0.1, 0.15) is 57.4 Å². The molecule has 4 rings (SSSR count). The summed E-state index contributed by atoms with van der Waals surface area (Å²) in [6, 6.07) is 4.60. The van der Waals surface area contributed by atoms with E-state index in [1.165, 1.54) is 15.9 Å². The molecule has 0 unspecified atom stereocenters. The van der Waals surface area contributed by atoms with E-state index in [-0.39, 0.29) is 67.4 Å². The fraction of sp³-hybridized carbons (Fsp3) is 0.615. The maximum Gasteiger partial charge on any atom is 0.274 e. The number of likely N-dealkylation sites (tertiary alicyclic amines) is 2. The first kappa shape index (κ1) is 25.1. The minimum atomic E-state index is -3.08. The predicted octanol–water partition coefficient (Wildman–Crippen LogP) is 5.66. The topological polar surface area (TPSA) is 40.6 Å². The van der Waals surface area contributed by atoms with E-state index in [2.05, 4.69) is 20.4 Å². The molecule has 2 saturated heterocycles. The lowest BCUT2D eigenvalue weighted by molar-refractivity contribution is -0.222. The number of hydrogen-bond donors (Lipinski definition) is 0. The lowest BCUT2D eigenvalue weighted by atomic mass is 9.64. The Bertz CT molecular complexity index is 970. The van der Waals surface area contributed by atoms with Crippen LogP contribution in [0.25, 0.3) is 0 Å². The molecule has 1 aliphatic carbocycles. The fourth-order valence-corrected chi connectivity index (χ4v) is 6.33. The molecule has 0 N–H and O–H groups in total. The van der Waals surface area contributed by atoms with Crippen LogP contribution in [0.4, 0.5) is 13.2 Å². The van der Waals surface area contributed by atoms with Crippen molar-refractivity contribution in [2.45, 2.75) is 57.8 Å². The number of alkyl halides is 2. The molecule has 2 aliphatic heterocycles. The van der Waals surface area contributed by atoms with Crippen LogP contribution in [0, 0.1) is 22.6 Å². The molecule has 0 aromatic heterocycles. The van der Waals surface area contributed by atoms with E-state index in [1.54, 1.807) is 12.1 Å². The average Bonchev–Trinajstić information content (AvgIpc) is 2.72. The van der Waals surface area contributed by atoms with Gasteiger partial charge in [0.25, 0.3) is 5.92 Å². The highest BCUT2D eigenvalue weighted by Gasteiger charge is 2.63. The van der Waals surface area contributed by atoms with Crippen molar-refractivity contribution in [2.24, 2.45) is 16.7 Å². The van der Waals surface area contributed by atoms with Gasteiger partial charge in [-0.05, 0) is 61.1 Å². The Kier molecular flexibility index (Phi) is 6.56. The molecule has 1 aromatic carbocycles. The van der Waals surface area contributed by atoms with Crippen molar-refractivity contribution in [3.8, 4) is 0 Å². The quantitative estimate of drug-likeness (QED) is 0.504.